The van der Waals surface area contributed by atoms with Gasteiger partial charge in [-0.2, -0.15) is 0 Å². The van der Waals surface area contributed by atoms with E-state index in [2.05, 4.69) is 25.3 Å². The number of hydrogen-bond donors (Lipinski definition) is 2. The van der Waals surface area contributed by atoms with Crippen LogP contribution in [0.3, 0.4) is 0 Å². The monoisotopic (exact) mass is 240 g/mol. The number of rotatable bonds is 6. The maximum atomic E-state index is 5.94. The summed E-state index contributed by atoms with van der Waals surface area (Å²) in [6, 6.07) is 6.22. The van der Waals surface area contributed by atoms with Crippen LogP contribution < -0.4 is 11.3 Å². The lowest BCUT2D eigenvalue weighted by Gasteiger charge is -2.18. The van der Waals surface area contributed by atoms with Gasteiger partial charge in [-0.05, 0) is 36.6 Å². The molecule has 0 aromatic heterocycles. The predicted molar refractivity (Wildman–Crippen MR) is 70.4 cm³/mol. The number of unbranched alkanes of at least 4 members (excludes halogenated alkanes) is 2. The molecule has 2 nitrogen and oxygen atoms in total. The van der Waals surface area contributed by atoms with Gasteiger partial charge in [0.1, 0.15) is 0 Å². The number of halogens is 1. The number of aryl methyl sites for hydroxylation is 1. The zero-order chi connectivity index (χ0) is 12.0. The molecular formula is C13H21ClN2. The Balaban J connectivity index is 2.70. The van der Waals surface area contributed by atoms with E-state index in [0.29, 0.717) is 0 Å². The molecule has 1 aromatic carbocycles. The summed E-state index contributed by atoms with van der Waals surface area (Å²) in [5.41, 5.74) is 5.35. The first kappa shape index (κ1) is 13.5. The van der Waals surface area contributed by atoms with Crippen molar-refractivity contribution < 1.29 is 0 Å². The van der Waals surface area contributed by atoms with Gasteiger partial charge in [0.15, 0.2) is 0 Å². The zero-order valence-corrected chi connectivity index (χ0v) is 10.8. The third-order valence-corrected chi connectivity index (χ3v) is 3.14. The Kier molecular flexibility index (Phi) is 5.81. The predicted octanol–water partition coefficient (Wildman–Crippen LogP) is 3.73. The summed E-state index contributed by atoms with van der Waals surface area (Å²) < 4.78 is 0. The van der Waals surface area contributed by atoms with E-state index in [0.717, 1.165) is 11.4 Å². The fourth-order valence-electron chi connectivity index (χ4n) is 1.96. The molecule has 0 aliphatic carbocycles. The molecule has 1 atom stereocenters. The van der Waals surface area contributed by atoms with Crippen molar-refractivity contribution >= 4 is 11.6 Å². The van der Waals surface area contributed by atoms with Crippen molar-refractivity contribution in [3.63, 3.8) is 0 Å². The van der Waals surface area contributed by atoms with Crippen LogP contribution >= 0.6 is 11.6 Å². The van der Waals surface area contributed by atoms with Gasteiger partial charge in [-0.15, -0.1) is 0 Å². The second-order valence-electron chi connectivity index (χ2n) is 4.22. The Hall–Kier alpha value is -0.570. The Morgan fingerprint density at radius 1 is 1.38 bits per heavy atom. The molecule has 0 bridgehead atoms. The number of hydrogen-bond acceptors (Lipinski definition) is 2. The van der Waals surface area contributed by atoms with E-state index in [1.54, 1.807) is 0 Å². The molecule has 16 heavy (non-hydrogen) atoms. The number of benzene rings is 1. The van der Waals surface area contributed by atoms with Crippen molar-refractivity contribution in [3.05, 3.63) is 34.3 Å². The maximum absolute atomic E-state index is 5.94. The lowest BCUT2D eigenvalue weighted by molar-refractivity contribution is 0.485. The summed E-state index contributed by atoms with van der Waals surface area (Å²) in [7, 11) is 0. The number of nitrogens with two attached hydrogens (primary N) is 1. The molecule has 0 fully saturated rings. The summed E-state index contributed by atoms with van der Waals surface area (Å²) in [6.45, 7) is 4.28. The molecule has 1 rings (SSSR count). The van der Waals surface area contributed by atoms with E-state index in [4.69, 9.17) is 17.4 Å². The average molecular weight is 241 g/mol. The maximum Gasteiger partial charge on any atom is 0.0462 e. The molecule has 3 heteroatoms. The van der Waals surface area contributed by atoms with Gasteiger partial charge < -0.3 is 0 Å². The zero-order valence-electron chi connectivity index (χ0n) is 10.1. The van der Waals surface area contributed by atoms with Gasteiger partial charge in [0.25, 0.3) is 0 Å². The minimum absolute atomic E-state index is 0.240. The second-order valence-corrected chi connectivity index (χ2v) is 4.65. The van der Waals surface area contributed by atoms with Gasteiger partial charge in [0.2, 0.25) is 0 Å². The van der Waals surface area contributed by atoms with Crippen LogP contribution in [0, 0.1) is 6.92 Å². The van der Waals surface area contributed by atoms with Gasteiger partial charge in [0, 0.05) is 11.1 Å². The van der Waals surface area contributed by atoms with Gasteiger partial charge in [-0.3, -0.25) is 11.3 Å². The van der Waals surface area contributed by atoms with Crippen LogP contribution in [0.2, 0.25) is 5.02 Å². The molecule has 0 saturated heterocycles. The first-order chi connectivity index (χ1) is 7.69. The summed E-state index contributed by atoms with van der Waals surface area (Å²) in [5, 5.41) is 0.783. The lowest BCUT2D eigenvalue weighted by atomic mass is 9.97. The van der Waals surface area contributed by atoms with E-state index >= 15 is 0 Å². The first-order valence-corrected chi connectivity index (χ1v) is 6.29. The van der Waals surface area contributed by atoms with Gasteiger partial charge >= 0.3 is 0 Å². The molecule has 0 aliphatic heterocycles. The summed E-state index contributed by atoms with van der Waals surface area (Å²) in [5.74, 6) is 5.61. The Morgan fingerprint density at radius 3 is 2.69 bits per heavy atom. The molecule has 90 valence electrons. The largest absolute Gasteiger partial charge is 0.271 e. The number of nitrogens with one attached hydrogen (secondary N) is 1. The minimum atomic E-state index is 0.240. The van der Waals surface area contributed by atoms with Crippen molar-refractivity contribution in [3.8, 4) is 0 Å². The van der Waals surface area contributed by atoms with Crippen molar-refractivity contribution in [2.75, 3.05) is 0 Å². The fraction of sp³-hybridized carbons (Fsp3) is 0.538. The average Bonchev–Trinajstić information content (AvgIpc) is 2.26. The van der Waals surface area contributed by atoms with E-state index in [1.165, 1.54) is 30.4 Å². The standard InChI is InChI=1S/C13H21ClN2/c1-3-4-5-6-13(16-15)12-8-7-11(14)9-10(12)2/h7-9,13,16H,3-6,15H2,1-2H3. The van der Waals surface area contributed by atoms with Crippen molar-refractivity contribution in [2.45, 2.75) is 45.6 Å². The molecule has 0 heterocycles. The molecular weight excluding hydrogens is 220 g/mol. The molecule has 0 amide bonds. The Morgan fingerprint density at radius 2 is 2.12 bits per heavy atom. The summed E-state index contributed by atoms with van der Waals surface area (Å²) in [4.78, 5) is 0. The Bertz CT molecular complexity index is 326. The highest BCUT2D eigenvalue weighted by molar-refractivity contribution is 6.30. The molecule has 1 unspecified atom stereocenters. The highest BCUT2D eigenvalue weighted by atomic mass is 35.5. The highest BCUT2D eigenvalue weighted by Crippen LogP contribution is 2.24. The molecule has 0 saturated carbocycles. The molecule has 0 aliphatic rings. The van der Waals surface area contributed by atoms with Crippen molar-refractivity contribution in [1.29, 1.82) is 0 Å². The lowest BCUT2D eigenvalue weighted by Crippen LogP contribution is -2.28. The third-order valence-electron chi connectivity index (χ3n) is 2.90. The molecule has 3 N–H and O–H groups in total. The summed E-state index contributed by atoms with van der Waals surface area (Å²) >= 11 is 5.94. The Labute approximate surface area is 103 Å². The van der Waals surface area contributed by atoms with Crippen LogP contribution in [0.25, 0.3) is 0 Å². The molecule has 1 aromatic rings. The molecule has 0 spiro atoms. The highest BCUT2D eigenvalue weighted by Gasteiger charge is 2.11. The van der Waals surface area contributed by atoms with Crippen LogP contribution in [0.15, 0.2) is 18.2 Å². The van der Waals surface area contributed by atoms with Gasteiger partial charge in [-0.25, -0.2) is 0 Å². The third kappa shape index (κ3) is 3.78. The van der Waals surface area contributed by atoms with Gasteiger partial charge in [0.05, 0.1) is 0 Å². The van der Waals surface area contributed by atoms with Crippen LogP contribution in [0.5, 0.6) is 0 Å². The minimum Gasteiger partial charge on any atom is -0.271 e. The van der Waals surface area contributed by atoms with Crippen LogP contribution in [0.1, 0.15) is 49.8 Å². The van der Waals surface area contributed by atoms with Crippen LogP contribution in [0.4, 0.5) is 0 Å². The van der Waals surface area contributed by atoms with E-state index in [1.807, 2.05) is 12.1 Å². The fourth-order valence-corrected chi connectivity index (χ4v) is 2.18. The topological polar surface area (TPSA) is 38.0 Å². The van der Waals surface area contributed by atoms with Crippen molar-refractivity contribution in [1.82, 2.24) is 5.43 Å². The van der Waals surface area contributed by atoms with Crippen molar-refractivity contribution in [2.24, 2.45) is 5.84 Å². The van der Waals surface area contributed by atoms with E-state index in [-0.39, 0.29) is 6.04 Å². The quantitative estimate of drug-likeness (QED) is 0.452. The van der Waals surface area contributed by atoms with Gasteiger partial charge in [-0.1, -0.05) is 43.9 Å². The van der Waals surface area contributed by atoms with Crippen LogP contribution in [-0.2, 0) is 0 Å². The first-order valence-electron chi connectivity index (χ1n) is 5.91. The smallest absolute Gasteiger partial charge is 0.0462 e. The second kappa shape index (κ2) is 6.89. The summed E-state index contributed by atoms with van der Waals surface area (Å²) in [6.07, 6.45) is 4.77. The van der Waals surface area contributed by atoms with E-state index in [9.17, 15) is 0 Å². The van der Waals surface area contributed by atoms with E-state index < -0.39 is 0 Å². The molecule has 0 radical (unpaired) electrons. The normalized spacial score (nSPS) is 12.8. The number of hydrazine groups is 1. The van der Waals surface area contributed by atoms with Crippen LogP contribution in [-0.4, -0.2) is 0 Å². The SMILES string of the molecule is CCCCCC(NN)c1ccc(Cl)cc1C.